The third-order valence-electron chi connectivity index (χ3n) is 5.05. The molecule has 2 rings (SSSR count). The molecule has 0 aliphatic carbocycles. The standard InChI is InChI=1S/C24H36N4O6S2/c1-6-16-21(30)28-20(14(4)5)24(33)34-15-9-7-8-10-35-36-12-17(22(31)25-16)26-23(32)19(13(2)3)27-18(29)11-15/h6-7,9,13-15,17,19-20H,8,10-12H2,1-5H3,(H,25,31)(H,26,32)(H,27,29)(H,28,30)/b9-7+,16-6-/t15-,17-,19+,20+/m1/s1/i2D3,3D3,13D,19D. The van der Waals surface area contributed by atoms with E-state index < -0.39 is 85.7 Å². The molecule has 0 aromatic heterocycles. The predicted molar refractivity (Wildman–Crippen MR) is 141 cm³/mol. The van der Waals surface area contributed by atoms with E-state index in [0.717, 1.165) is 10.8 Å². The molecule has 2 bridgehead atoms. The molecule has 4 amide bonds. The van der Waals surface area contributed by atoms with Crippen molar-refractivity contribution in [2.45, 2.75) is 71.5 Å². The summed E-state index contributed by atoms with van der Waals surface area (Å²) >= 11 is 0. The topological polar surface area (TPSA) is 143 Å². The fraction of sp³-hybridized carbons (Fsp3) is 0.625. The van der Waals surface area contributed by atoms with Gasteiger partial charge in [0, 0.05) is 21.1 Å². The van der Waals surface area contributed by atoms with E-state index in [-0.39, 0.29) is 11.4 Å². The van der Waals surface area contributed by atoms with Crippen molar-refractivity contribution in [3.8, 4) is 0 Å². The molecule has 1 fully saturated rings. The lowest BCUT2D eigenvalue weighted by atomic mass is 10.0. The normalized spacial score (nSPS) is 35.9. The van der Waals surface area contributed by atoms with Crippen molar-refractivity contribution in [1.29, 1.82) is 0 Å². The van der Waals surface area contributed by atoms with Crippen LogP contribution in [0, 0.1) is 11.8 Å². The molecule has 4 N–H and O–H groups in total. The van der Waals surface area contributed by atoms with Crippen LogP contribution >= 0.6 is 21.6 Å². The van der Waals surface area contributed by atoms with Gasteiger partial charge in [-0.05, 0) is 31.2 Å². The Morgan fingerprint density at radius 1 is 1.14 bits per heavy atom. The Morgan fingerprint density at radius 2 is 1.89 bits per heavy atom. The van der Waals surface area contributed by atoms with Crippen molar-refractivity contribution in [1.82, 2.24) is 21.3 Å². The monoisotopic (exact) mass is 548 g/mol. The highest BCUT2D eigenvalue weighted by molar-refractivity contribution is 8.76. The second kappa shape index (κ2) is 14.3. The van der Waals surface area contributed by atoms with Crippen LogP contribution in [-0.4, -0.2) is 65.3 Å². The van der Waals surface area contributed by atoms with Crippen molar-refractivity contribution in [2.75, 3.05) is 11.5 Å². The number of fused-ring (bicyclic) bond motifs is 7. The van der Waals surface area contributed by atoms with Gasteiger partial charge in [-0.25, -0.2) is 4.79 Å². The third-order valence-corrected chi connectivity index (χ3v) is 7.50. The van der Waals surface area contributed by atoms with Gasteiger partial charge in [0.2, 0.25) is 17.7 Å². The van der Waals surface area contributed by atoms with E-state index in [9.17, 15) is 24.0 Å². The Hall–Kier alpha value is -2.47. The van der Waals surface area contributed by atoms with E-state index in [1.54, 1.807) is 19.9 Å². The second-order valence-corrected chi connectivity index (χ2v) is 10.8. The number of hydrogen-bond acceptors (Lipinski definition) is 8. The Labute approximate surface area is 231 Å². The van der Waals surface area contributed by atoms with E-state index in [0.29, 0.717) is 12.2 Å². The lowest BCUT2D eigenvalue weighted by Crippen LogP contribution is -2.57. The van der Waals surface area contributed by atoms with Crippen LogP contribution in [0.4, 0.5) is 0 Å². The summed E-state index contributed by atoms with van der Waals surface area (Å²) in [6.45, 7) is -3.04. The van der Waals surface area contributed by atoms with E-state index >= 15 is 0 Å². The number of carbonyl (C=O) groups is 5. The SMILES string of the molecule is [2H]C([2H])([2H])C([2H])(C([2H])([2H])[2H])[C@]1([2H])NC(=O)C[C@H]2/C=C/CCSSC[C@@H](NC1=O)C(=O)N/C(=C\C)C(=O)N[C@@H](C(C)C)C(=O)O2. The van der Waals surface area contributed by atoms with Crippen molar-refractivity contribution in [3.05, 3.63) is 23.9 Å². The minimum atomic E-state index is -3.95. The van der Waals surface area contributed by atoms with E-state index in [2.05, 4.69) is 16.0 Å². The lowest BCUT2D eigenvalue weighted by Gasteiger charge is -2.27. The highest BCUT2D eigenvalue weighted by Gasteiger charge is 2.33. The van der Waals surface area contributed by atoms with Crippen LogP contribution in [0.5, 0.6) is 0 Å². The average molecular weight is 549 g/mol. The van der Waals surface area contributed by atoms with Crippen LogP contribution in [0.2, 0.25) is 0 Å². The van der Waals surface area contributed by atoms with Gasteiger partial charge in [0.25, 0.3) is 5.91 Å². The minimum Gasteiger partial charge on any atom is -0.456 e. The molecule has 2 aliphatic heterocycles. The molecule has 12 heteroatoms. The lowest BCUT2D eigenvalue weighted by molar-refractivity contribution is -0.153. The van der Waals surface area contributed by atoms with Crippen LogP contribution in [0.1, 0.15) is 58.3 Å². The zero-order valence-electron chi connectivity index (χ0n) is 28.1. The number of nitrogens with one attached hydrogen (secondary N) is 4. The molecule has 10 nitrogen and oxygen atoms in total. The minimum absolute atomic E-state index is 0.208. The van der Waals surface area contributed by atoms with E-state index in [1.807, 2.05) is 5.32 Å². The van der Waals surface area contributed by atoms with Crippen molar-refractivity contribution >= 4 is 51.2 Å². The molecule has 2 heterocycles. The maximum atomic E-state index is 13.7. The molecule has 2 aliphatic rings. The van der Waals surface area contributed by atoms with E-state index in [1.165, 1.54) is 29.9 Å². The predicted octanol–water partition coefficient (Wildman–Crippen LogP) is 1.43. The van der Waals surface area contributed by atoms with Gasteiger partial charge in [0.1, 0.15) is 29.9 Å². The van der Waals surface area contributed by atoms with Gasteiger partial charge in [0.15, 0.2) is 0 Å². The summed E-state index contributed by atoms with van der Waals surface area (Å²) in [5.41, 5.74) is -0.316. The fourth-order valence-electron chi connectivity index (χ4n) is 3.13. The number of esters is 1. The molecule has 4 atom stereocenters. The second-order valence-electron chi connectivity index (χ2n) is 8.21. The van der Waals surface area contributed by atoms with E-state index in [4.69, 9.17) is 15.7 Å². The third kappa shape index (κ3) is 8.88. The highest BCUT2D eigenvalue weighted by Crippen LogP contribution is 2.24. The molecular formula is C24H36N4O6S2. The zero-order chi connectivity index (χ0) is 33.7. The summed E-state index contributed by atoms with van der Waals surface area (Å²) in [5.74, 6) is -10.1. The van der Waals surface area contributed by atoms with Gasteiger partial charge in [-0.1, -0.05) is 61.3 Å². The Morgan fingerprint density at radius 3 is 2.56 bits per heavy atom. The van der Waals surface area contributed by atoms with Crippen LogP contribution in [-0.2, 0) is 28.7 Å². The van der Waals surface area contributed by atoms with Gasteiger partial charge < -0.3 is 26.0 Å². The van der Waals surface area contributed by atoms with Crippen LogP contribution in [0.25, 0.3) is 0 Å². The van der Waals surface area contributed by atoms with Gasteiger partial charge in [-0.2, -0.15) is 0 Å². The molecule has 0 spiro atoms. The molecule has 0 unspecified atom stereocenters. The molecule has 0 saturated carbocycles. The zero-order valence-corrected chi connectivity index (χ0v) is 21.8. The van der Waals surface area contributed by atoms with Crippen LogP contribution in [0.15, 0.2) is 23.9 Å². The van der Waals surface area contributed by atoms with Crippen LogP contribution < -0.4 is 21.3 Å². The van der Waals surface area contributed by atoms with Crippen molar-refractivity contribution in [2.24, 2.45) is 11.8 Å². The summed E-state index contributed by atoms with van der Waals surface area (Å²) in [7, 11) is 2.37. The first-order chi connectivity index (χ1) is 20.2. The largest absolute Gasteiger partial charge is 0.456 e. The Bertz CT molecular complexity index is 1180. The van der Waals surface area contributed by atoms with Gasteiger partial charge in [0.05, 0.1) is 7.79 Å². The average Bonchev–Trinajstić information content (AvgIpc) is 2.89. The van der Waals surface area contributed by atoms with Crippen molar-refractivity contribution < 1.29 is 39.7 Å². The number of allylic oxidation sites excluding steroid dienone is 2. The first-order valence-corrected chi connectivity index (χ1v) is 13.7. The smallest absolute Gasteiger partial charge is 0.329 e. The highest BCUT2D eigenvalue weighted by atomic mass is 33.1. The Balaban J connectivity index is 2.84. The number of hydrogen-bond donors (Lipinski definition) is 4. The summed E-state index contributed by atoms with van der Waals surface area (Å²) in [5, 5.41) is 8.78. The number of rotatable bonds is 2. The first kappa shape index (κ1) is 19.6. The molecular weight excluding hydrogens is 504 g/mol. The van der Waals surface area contributed by atoms with Gasteiger partial charge in [-0.15, -0.1) is 0 Å². The molecule has 0 aromatic rings. The molecule has 0 radical (unpaired) electrons. The first-order valence-electron chi connectivity index (χ1n) is 15.2. The Kier molecular flexibility index (Phi) is 7.80. The number of amides is 4. The summed E-state index contributed by atoms with van der Waals surface area (Å²) in [6.07, 6.45) is 2.43. The molecule has 0 aromatic carbocycles. The maximum absolute atomic E-state index is 13.7. The van der Waals surface area contributed by atoms with Gasteiger partial charge >= 0.3 is 5.97 Å². The quantitative estimate of drug-likeness (QED) is 0.176. The van der Waals surface area contributed by atoms with Crippen molar-refractivity contribution in [3.63, 3.8) is 0 Å². The fourth-order valence-corrected chi connectivity index (χ4v) is 5.28. The molecule has 1 saturated heterocycles. The molecule has 36 heavy (non-hydrogen) atoms. The van der Waals surface area contributed by atoms with Crippen LogP contribution in [0.3, 0.4) is 0 Å². The number of ether oxygens (including phenoxy) is 1. The number of carbonyl (C=O) groups excluding carboxylic acids is 5. The molecule has 200 valence electrons. The summed E-state index contributed by atoms with van der Waals surface area (Å²) in [6, 6.07) is -6.58. The summed E-state index contributed by atoms with van der Waals surface area (Å²) < 4.78 is 70.2. The maximum Gasteiger partial charge on any atom is 0.329 e. The summed E-state index contributed by atoms with van der Waals surface area (Å²) in [4.78, 5) is 66.8. The van der Waals surface area contributed by atoms with Gasteiger partial charge in [-0.3, -0.25) is 19.2 Å².